The highest BCUT2D eigenvalue weighted by atomic mass is 16.3. The third-order valence-electron chi connectivity index (χ3n) is 5.84. The van der Waals surface area contributed by atoms with Crippen molar-refractivity contribution in [1.29, 1.82) is 0 Å². The molecule has 6 rings (SSSR count). The maximum absolute atomic E-state index is 12.8. The average molecular weight is 420 g/mol. The van der Waals surface area contributed by atoms with Gasteiger partial charge in [0.15, 0.2) is 0 Å². The van der Waals surface area contributed by atoms with Gasteiger partial charge in [-0.2, -0.15) is 0 Å². The molecule has 3 heterocycles. The summed E-state index contributed by atoms with van der Waals surface area (Å²) in [4.78, 5) is 20.9. The minimum absolute atomic E-state index is 0.138. The van der Waals surface area contributed by atoms with Crippen LogP contribution >= 0.6 is 0 Å². The SMILES string of the molecule is CCn1ccc2cc(C(=O)Nc3ccc4nc(-c5ccc6occc6c5)[nH]c4c3)ccc21. The number of nitrogens with one attached hydrogen (secondary N) is 2. The maximum atomic E-state index is 12.8. The van der Waals surface area contributed by atoms with Gasteiger partial charge in [0.1, 0.15) is 11.4 Å². The molecule has 1 amide bonds. The Morgan fingerprint density at radius 1 is 1.03 bits per heavy atom. The fraction of sp³-hybridized carbons (Fsp3) is 0.0769. The Hall–Kier alpha value is -4.32. The number of nitrogens with zero attached hydrogens (tertiary/aromatic N) is 2. The first-order chi connectivity index (χ1) is 15.7. The summed E-state index contributed by atoms with van der Waals surface area (Å²) in [7, 11) is 0. The van der Waals surface area contributed by atoms with Crippen LogP contribution in [0.25, 0.3) is 44.3 Å². The first kappa shape index (κ1) is 18.4. The summed E-state index contributed by atoms with van der Waals surface area (Å²) in [6.07, 6.45) is 3.72. The van der Waals surface area contributed by atoms with Gasteiger partial charge in [0, 0.05) is 45.8 Å². The van der Waals surface area contributed by atoms with Gasteiger partial charge in [-0.25, -0.2) is 4.98 Å². The second-order valence-corrected chi connectivity index (χ2v) is 7.82. The number of rotatable bonds is 4. The molecule has 32 heavy (non-hydrogen) atoms. The molecule has 6 aromatic rings. The summed E-state index contributed by atoms with van der Waals surface area (Å²) >= 11 is 0. The molecule has 0 atom stereocenters. The number of hydrogen-bond donors (Lipinski definition) is 2. The molecule has 0 aliphatic carbocycles. The molecule has 3 aromatic carbocycles. The predicted octanol–water partition coefficient (Wildman–Crippen LogP) is 6.20. The van der Waals surface area contributed by atoms with Crippen molar-refractivity contribution in [1.82, 2.24) is 14.5 Å². The summed E-state index contributed by atoms with van der Waals surface area (Å²) in [6.45, 7) is 3.00. The monoisotopic (exact) mass is 420 g/mol. The second-order valence-electron chi connectivity index (χ2n) is 7.82. The van der Waals surface area contributed by atoms with E-state index in [0.717, 1.165) is 50.8 Å². The summed E-state index contributed by atoms with van der Waals surface area (Å²) in [5.41, 5.74) is 6.00. The smallest absolute Gasteiger partial charge is 0.255 e. The van der Waals surface area contributed by atoms with Gasteiger partial charge in [0.2, 0.25) is 0 Å². The van der Waals surface area contributed by atoms with Crippen molar-refractivity contribution in [3.8, 4) is 11.4 Å². The number of imidazole rings is 1. The molecule has 3 aromatic heterocycles. The van der Waals surface area contributed by atoms with Crippen LogP contribution in [-0.4, -0.2) is 20.4 Å². The molecule has 6 heteroatoms. The molecular formula is C26H20N4O2. The number of anilines is 1. The minimum atomic E-state index is -0.138. The van der Waals surface area contributed by atoms with Gasteiger partial charge < -0.3 is 19.3 Å². The maximum Gasteiger partial charge on any atom is 0.255 e. The largest absolute Gasteiger partial charge is 0.464 e. The molecule has 6 nitrogen and oxygen atoms in total. The minimum Gasteiger partial charge on any atom is -0.464 e. The van der Waals surface area contributed by atoms with Gasteiger partial charge in [-0.1, -0.05) is 0 Å². The van der Waals surface area contributed by atoms with E-state index in [1.54, 1.807) is 6.26 Å². The van der Waals surface area contributed by atoms with Crippen LogP contribution in [0.2, 0.25) is 0 Å². The van der Waals surface area contributed by atoms with Crippen LogP contribution in [0.15, 0.2) is 83.6 Å². The molecule has 0 fully saturated rings. The number of benzene rings is 3. The van der Waals surface area contributed by atoms with Crippen LogP contribution in [-0.2, 0) is 6.54 Å². The number of amides is 1. The number of aromatic amines is 1. The number of hydrogen-bond acceptors (Lipinski definition) is 3. The Bertz CT molecular complexity index is 1620. The summed E-state index contributed by atoms with van der Waals surface area (Å²) in [5.74, 6) is 0.637. The van der Waals surface area contributed by atoms with Crippen LogP contribution in [0.3, 0.4) is 0 Å². The molecule has 0 unspecified atom stereocenters. The Morgan fingerprint density at radius 2 is 1.97 bits per heavy atom. The molecule has 0 saturated heterocycles. The lowest BCUT2D eigenvalue weighted by atomic mass is 10.1. The zero-order valence-corrected chi connectivity index (χ0v) is 17.4. The number of H-pyrrole nitrogens is 1. The van der Waals surface area contributed by atoms with E-state index in [0.29, 0.717) is 11.3 Å². The quantitative estimate of drug-likeness (QED) is 0.356. The van der Waals surface area contributed by atoms with Crippen molar-refractivity contribution < 1.29 is 9.21 Å². The first-order valence-corrected chi connectivity index (χ1v) is 10.6. The molecule has 156 valence electrons. The normalized spacial score (nSPS) is 11.5. The van der Waals surface area contributed by atoms with E-state index in [4.69, 9.17) is 9.40 Å². The summed E-state index contributed by atoms with van der Waals surface area (Å²) in [5, 5.41) is 5.09. The van der Waals surface area contributed by atoms with Crippen molar-refractivity contribution in [3.63, 3.8) is 0 Å². The average Bonchev–Trinajstić information content (AvgIpc) is 3.54. The Kier molecular flexibility index (Phi) is 4.11. The zero-order chi connectivity index (χ0) is 21.7. The molecule has 0 saturated carbocycles. The topological polar surface area (TPSA) is 75.8 Å². The van der Waals surface area contributed by atoms with Crippen molar-refractivity contribution in [2.24, 2.45) is 0 Å². The third-order valence-corrected chi connectivity index (χ3v) is 5.84. The van der Waals surface area contributed by atoms with Gasteiger partial charge in [-0.15, -0.1) is 0 Å². The summed E-state index contributed by atoms with van der Waals surface area (Å²) in [6, 6.07) is 21.4. The van der Waals surface area contributed by atoms with E-state index < -0.39 is 0 Å². The fourth-order valence-corrected chi connectivity index (χ4v) is 4.16. The highest BCUT2D eigenvalue weighted by Gasteiger charge is 2.11. The Labute approximate surface area is 183 Å². The lowest BCUT2D eigenvalue weighted by Gasteiger charge is -2.06. The highest BCUT2D eigenvalue weighted by Crippen LogP contribution is 2.27. The van der Waals surface area contributed by atoms with Crippen molar-refractivity contribution >= 4 is 44.5 Å². The van der Waals surface area contributed by atoms with Gasteiger partial charge >= 0.3 is 0 Å². The van der Waals surface area contributed by atoms with Crippen LogP contribution in [0, 0.1) is 0 Å². The molecule has 0 bridgehead atoms. The third kappa shape index (κ3) is 3.04. The highest BCUT2D eigenvalue weighted by molar-refractivity contribution is 6.07. The fourth-order valence-electron chi connectivity index (χ4n) is 4.16. The van der Waals surface area contributed by atoms with Crippen LogP contribution in [0.4, 0.5) is 5.69 Å². The first-order valence-electron chi connectivity index (χ1n) is 10.6. The number of aromatic nitrogens is 3. The van der Waals surface area contributed by atoms with Crippen LogP contribution in [0.5, 0.6) is 0 Å². The molecule has 0 aliphatic heterocycles. The number of carbonyl (C=O) groups excluding carboxylic acids is 1. The van der Waals surface area contributed by atoms with E-state index in [1.165, 1.54) is 0 Å². The van der Waals surface area contributed by atoms with E-state index in [1.807, 2.05) is 72.9 Å². The molecule has 0 aliphatic rings. The number of aryl methyl sites for hydroxylation is 1. The standard InChI is InChI=1S/C26H20N4O2/c1-2-30-11-9-16-13-19(3-7-23(16)30)26(31)27-20-5-6-21-22(15-20)29-25(28-21)18-4-8-24-17(14-18)10-12-32-24/h3-15H,2H2,1H3,(H,27,31)(H,28,29). The molecule has 0 radical (unpaired) electrons. The molecule has 2 N–H and O–H groups in total. The lowest BCUT2D eigenvalue weighted by Crippen LogP contribution is -2.11. The van der Waals surface area contributed by atoms with E-state index >= 15 is 0 Å². The molecule has 0 spiro atoms. The molecular weight excluding hydrogens is 400 g/mol. The Balaban J connectivity index is 1.28. The zero-order valence-electron chi connectivity index (χ0n) is 17.4. The van der Waals surface area contributed by atoms with Gasteiger partial charge in [-0.05, 0) is 73.7 Å². The number of furan rings is 1. The van der Waals surface area contributed by atoms with Crippen molar-refractivity contribution in [2.45, 2.75) is 13.5 Å². The van der Waals surface area contributed by atoms with E-state index in [2.05, 4.69) is 21.8 Å². The van der Waals surface area contributed by atoms with Crippen LogP contribution in [0.1, 0.15) is 17.3 Å². The van der Waals surface area contributed by atoms with E-state index in [9.17, 15) is 4.79 Å². The summed E-state index contributed by atoms with van der Waals surface area (Å²) < 4.78 is 7.57. The van der Waals surface area contributed by atoms with Gasteiger partial charge in [0.25, 0.3) is 5.91 Å². The number of carbonyl (C=O) groups is 1. The lowest BCUT2D eigenvalue weighted by molar-refractivity contribution is 0.102. The van der Waals surface area contributed by atoms with Gasteiger partial charge in [-0.3, -0.25) is 4.79 Å². The number of fused-ring (bicyclic) bond motifs is 3. The Morgan fingerprint density at radius 3 is 2.88 bits per heavy atom. The van der Waals surface area contributed by atoms with E-state index in [-0.39, 0.29) is 5.91 Å². The van der Waals surface area contributed by atoms with Crippen molar-refractivity contribution in [3.05, 3.63) is 84.8 Å². The van der Waals surface area contributed by atoms with Crippen LogP contribution < -0.4 is 5.32 Å². The van der Waals surface area contributed by atoms with Crippen molar-refractivity contribution in [2.75, 3.05) is 5.32 Å². The van der Waals surface area contributed by atoms with Gasteiger partial charge in [0.05, 0.1) is 17.3 Å². The second kappa shape index (κ2) is 7.13. The predicted molar refractivity (Wildman–Crippen MR) is 127 cm³/mol.